The van der Waals surface area contributed by atoms with Crippen molar-refractivity contribution in [1.82, 2.24) is 4.98 Å². The Bertz CT molecular complexity index is 282. The van der Waals surface area contributed by atoms with Crippen LogP contribution in [0.4, 0.5) is 5.82 Å². The lowest BCUT2D eigenvalue weighted by atomic mass is 10.4. The fourth-order valence-electron chi connectivity index (χ4n) is 1.67. The molecule has 13 heavy (non-hydrogen) atoms. The molecule has 70 valence electrons. The second-order valence-electron chi connectivity index (χ2n) is 3.43. The van der Waals surface area contributed by atoms with E-state index in [0.717, 1.165) is 10.3 Å². The topological polar surface area (TPSA) is 38.9 Å². The molecule has 0 amide bonds. The number of nitrogen functional groups attached to an aromatic ring is 1. The second-order valence-corrected chi connectivity index (χ2v) is 4.75. The molecular weight excluding hydrogens is 180 g/mol. The van der Waals surface area contributed by atoms with E-state index >= 15 is 0 Å². The van der Waals surface area contributed by atoms with Crippen molar-refractivity contribution < 1.29 is 0 Å². The Kier molecular flexibility index (Phi) is 2.74. The summed E-state index contributed by atoms with van der Waals surface area (Å²) < 4.78 is 0. The van der Waals surface area contributed by atoms with Gasteiger partial charge in [-0.15, -0.1) is 11.8 Å². The van der Waals surface area contributed by atoms with Gasteiger partial charge in [0.2, 0.25) is 0 Å². The van der Waals surface area contributed by atoms with Gasteiger partial charge >= 0.3 is 0 Å². The summed E-state index contributed by atoms with van der Waals surface area (Å²) in [7, 11) is 0. The first-order chi connectivity index (χ1) is 6.34. The third-order valence-corrected chi connectivity index (χ3v) is 3.61. The molecule has 0 bridgehead atoms. The third kappa shape index (κ3) is 2.37. The van der Waals surface area contributed by atoms with Gasteiger partial charge in [0.15, 0.2) is 0 Å². The van der Waals surface area contributed by atoms with E-state index < -0.39 is 0 Å². The standard InChI is InChI=1S/C10H14N2S/c11-9-6-3-7-10(12-9)13-8-4-1-2-5-8/h3,6-8H,1-2,4-5H2,(H2,11,12). The predicted molar refractivity (Wildman–Crippen MR) is 56.8 cm³/mol. The van der Waals surface area contributed by atoms with E-state index in [9.17, 15) is 0 Å². The zero-order chi connectivity index (χ0) is 9.10. The van der Waals surface area contributed by atoms with Crippen molar-refractivity contribution in [1.29, 1.82) is 0 Å². The van der Waals surface area contributed by atoms with Crippen LogP contribution in [0.1, 0.15) is 25.7 Å². The van der Waals surface area contributed by atoms with Crippen molar-refractivity contribution in [3.8, 4) is 0 Å². The number of thioether (sulfide) groups is 1. The Morgan fingerprint density at radius 2 is 2.08 bits per heavy atom. The fourth-order valence-corrected chi connectivity index (χ4v) is 2.90. The summed E-state index contributed by atoms with van der Waals surface area (Å²) in [6, 6.07) is 5.84. The normalized spacial score (nSPS) is 17.8. The van der Waals surface area contributed by atoms with Gasteiger partial charge in [0, 0.05) is 5.25 Å². The highest BCUT2D eigenvalue weighted by Gasteiger charge is 2.16. The van der Waals surface area contributed by atoms with Crippen molar-refractivity contribution in [2.45, 2.75) is 36.0 Å². The molecule has 0 spiro atoms. The number of anilines is 1. The number of nitrogens with two attached hydrogens (primary N) is 1. The van der Waals surface area contributed by atoms with Gasteiger partial charge in [-0.3, -0.25) is 0 Å². The van der Waals surface area contributed by atoms with Crippen molar-refractivity contribution in [3.05, 3.63) is 18.2 Å². The summed E-state index contributed by atoms with van der Waals surface area (Å²) in [5, 5.41) is 1.85. The molecule has 0 radical (unpaired) electrons. The van der Waals surface area contributed by atoms with Crippen LogP contribution in [-0.2, 0) is 0 Å². The van der Waals surface area contributed by atoms with E-state index in [1.807, 2.05) is 30.0 Å². The molecule has 0 atom stereocenters. The lowest BCUT2D eigenvalue weighted by Gasteiger charge is -2.07. The number of rotatable bonds is 2. The van der Waals surface area contributed by atoms with Crippen LogP contribution in [0.3, 0.4) is 0 Å². The first-order valence-corrected chi connectivity index (χ1v) is 5.62. The van der Waals surface area contributed by atoms with Gasteiger partial charge in [-0.05, 0) is 25.0 Å². The zero-order valence-corrected chi connectivity index (χ0v) is 8.39. The molecule has 1 heterocycles. The van der Waals surface area contributed by atoms with Gasteiger partial charge in [0.1, 0.15) is 5.82 Å². The summed E-state index contributed by atoms with van der Waals surface area (Å²) in [5.41, 5.74) is 5.61. The van der Waals surface area contributed by atoms with Gasteiger partial charge < -0.3 is 5.73 Å². The fraction of sp³-hybridized carbons (Fsp3) is 0.500. The first kappa shape index (κ1) is 8.88. The molecule has 1 saturated carbocycles. The van der Waals surface area contributed by atoms with Crippen LogP contribution < -0.4 is 5.73 Å². The van der Waals surface area contributed by atoms with E-state index in [1.54, 1.807) is 0 Å². The van der Waals surface area contributed by atoms with Crippen LogP contribution in [0.5, 0.6) is 0 Å². The first-order valence-electron chi connectivity index (χ1n) is 4.74. The number of nitrogens with zero attached hydrogens (tertiary/aromatic N) is 1. The summed E-state index contributed by atoms with van der Waals surface area (Å²) in [5.74, 6) is 0.628. The quantitative estimate of drug-likeness (QED) is 0.786. The molecule has 0 saturated heterocycles. The summed E-state index contributed by atoms with van der Waals surface area (Å²) in [6.45, 7) is 0. The van der Waals surface area contributed by atoms with E-state index in [2.05, 4.69) is 4.98 Å². The molecule has 2 N–H and O–H groups in total. The number of aromatic nitrogens is 1. The smallest absolute Gasteiger partial charge is 0.124 e. The van der Waals surface area contributed by atoms with Gasteiger partial charge in [-0.2, -0.15) is 0 Å². The Labute approximate surface area is 82.9 Å². The van der Waals surface area contributed by atoms with Crippen LogP contribution in [0, 0.1) is 0 Å². The van der Waals surface area contributed by atoms with Gasteiger partial charge in [-0.25, -0.2) is 4.98 Å². The Balaban J connectivity index is 2.00. The van der Waals surface area contributed by atoms with Crippen molar-refractivity contribution >= 4 is 17.6 Å². The lowest BCUT2D eigenvalue weighted by molar-refractivity contribution is 0.886. The summed E-state index contributed by atoms with van der Waals surface area (Å²) in [6.07, 6.45) is 5.42. The molecule has 1 aliphatic rings. The Hall–Kier alpha value is -0.700. The van der Waals surface area contributed by atoms with Crippen molar-refractivity contribution in [3.63, 3.8) is 0 Å². The van der Waals surface area contributed by atoms with Crippen molar-refractivity contribution in [2.24, 2.45) is 0 Å². The minimum Gasteiger partial charge on any atom is -0.384 e. The third-order valence-electron chi connectivity index (χ3n) is 2.33. The molecule has 0 aliphatic heterocycles. The Morgan fingerprint density at radius 3 is 2.77 bits per heavy atom. The number of pyridine rings is 1. The predicted octanol–water partition coefficient (Wildman–Crippen LogP) is 2.70. The average molecular weight is 194 g/mol. The highest BCUT2D eigenvalue weighted by molar-refractivity contribution is 7.99. The Morgan fingerprint density at radius 1 is 1.31 bits per heavy atom. The molecule has 1 fully saturated rings. The molecule has 2 nitrogen and oxygen atoms in total. The largest absolute Gasteiger partial charge is 0.384 e. The maximum absolute atomic E-state index is 5.61. The average Bonchev–Trinajstić information content (AvgIpc) is 2.57. The SMILES string of the molecule is Nc1cccc(SC2CCCC2)n1. The van der Waals surface area contributed by atoms with Crippen LogP contribution in [0.15, 0.2) is 23.2 Å². The molecule has 1 aliphatic carbocycles. The molecule has 0 aromatic carbocycles. The monoisotopic (exact) mass is 194 g/mol. The van der Waals surface area contributed by atoms with Crippen LogP contribution in [0.2, 0.25) is 0 Å². The maximum atomic E-state index is 5.61. The van der Waals surface area contributed by atoms with E-state index in [4.69, 9.17) is 5.73 Å². The van der Waals surface area contributed by atoms with Crippen LogP contribution in [-0.4, -0.2) is 10.2 Å². The molecule has 1 aromatic rings. The minimum atomic E-state index is 0.628. The zero-order valence-electron chi connectivity index (χ0n) is 7.57. The summed E-state index contributed by atoms with van der Waals surface area (Å²) >= 11 is 1.87. The molecule has 0 unspecified atom stereocenters. The number of hydrogen-bond acceptors (Lipinski definition) is 3. The van der Waals surface area contributed by atoms with E-state index in [-0.39, 0.29) is 0 Å². The number of hydrogen-bond donors (Lipinski definition) is 1. The highest BCUT2D eigenvalue weighted by atomic mass is 32.2. The molecule has 1 aromatic heterocycles. The van der Waals surface area contributed by atoms with E-state index in [1.165, 1.54) is 25.7 Å². The van der Waals surface area contributed by atoms with Gasteiger partial charge in [0.05, 0.1) is 5.03 Å². The van der Waals surface area contributed by atoms with E-state index in [0.29, 0.717) is 5.82 Å². The molecule has 3 heteroatoms. The van der Waals surface area contributed by atoms with Gasteiger partial charge in [0.25, 0.3) is 0 Å². The van der Waals surface area contributed by atoms with Crippen LogP contribution >= 0.6 is 11.8 Å². The van der Waals surface area contributed by atoms with Gasteiger partial charge in [-0.1, -0.05) is 18.9 Å². The highest BCUT2D eigenvalue weighted by Crippen LogP contribution is 2.33. The second kappa shape index (κ2) is 4.01. The molecule has 2 rings (SSSR count). The van der Waals surface area contributed by atoms with Crippen molar-refractivity contribution in [2.75, 3.05) is 5.73 Å². The minimum absolute atomic E-state index is 0.628. The summed E-state index contributed by atoms with van der Waals surface area (Å²) in [4.78, 5) is 4.28. The maximum Gasteiger partial charge on any atom is 0.124 e. The lowest BCUT2D eigenvalue weighted by Crippen LogP contribution is -1.96. The molecular formula is C10H14N2S. The van der Waals surface area contributed by atoms with Crippen LogP contribution in [0.25, 0.3) is 0 Å².